The van der Waals surface area contributed by atoms with Crippen LogP contribution in [0.2, 0.25) is 0 Å². The van der Waals surface area contributed by atoms with Gasteiger partial charge in [-0.25, -0.2) is 4.98 Å². The Bertz CT molecular complexity index is 396. The molecule has 0 aromatic carbocycles. The van der Waals surface area contributed by atoms with Crippen molar-refractivity contribution in [2.45, 2.75) is 45.6 Å². The quantitative estimate of drug-likeness (QED) is 0.812. The highest BCUT2D eigenvalue weighted by Gasteiger charge is 2.20. The van der Waals surface area contributed by atoms with Crippen LogP contribution in [0.25, 0.3) is 0 Å². The van der Waals surface area contributed by atoms with Crippen molar-refractivity contribution in [3.63, 3.8) is 0 Å². The molecule has 4 nitrogen and oxygen atoms in total. The van der Waals surface area contributed by atoms with Crippen LogP contribution < -0.4 is 10.6 Å². The van der Waals surface area contributed by atoms with E-state index in [2.05, 4.69) is 29.5 Å². The lowest BCUT2D eigenvalue weighted by Crippen LogP contribution is -2.12. The van der Waals surface area contributed by atoms with Gasteiger partial charge in [-0.15, -0.1) is 0 Å². The number of carbonyl (C=O) groups excluding carboxylic acids is 1. The Labute approximate surface area is 108 Å². The van der Waals surface area contributed by atoms with Gasteiger partial charge in [-0.1, -0.05) is 13.8 Å². The fraction of sp³-hybridized carbons (Fsp3) is 0.571. The smallest absolute Gasteiger partial charge is 0.224 e. The molecular weight excluding hydrogens is 226 g/mol. The van der Waals surface area contributed by atoms with Gasteiger partial charge in [0.2, 0.25) is 5.91 Å². The number of rotatable bonds is 6. The lowest BCUT2D eigenvalue weighted by Gasteiger charge is -2.08. The van der Waals surface area contributed by atoms with E-state index in [1.54, 1.807) is 6.20 Å². The van der Waals surface area contributed by atoms with Gasteiger partial charge in [0.05, 0.1) is 11.9 Å². The largest absolute Gasteiger partial charge is 0.367 e. The van der Waals surface area contributed by atoms with Gasteiger partial charge < -0.3 is 10.6 Å². The predicted molar refractivity (Wildman–Crippen MR) is 73.6 cm³/mol. The molecule has 0 bridgehead atoms. The van der Waals surface area contributed by atoms with Gasteiger partial charge >= 0.3 is 0 Å². The van der Waals surface area contributed by atoms with Gasteiger partial charge in [0, 0.05) is 12.5 Å². The number of hydrogen-bond donors (Lipinski definition) is 2. The summed E-state index contributed by atoms with van der Waals surface area (Å²) in [4.78, 5) is 15.9. The summed E-state index contributed by atoms with van der Waals surface area (Å²) in [6.45, 7) is 4.24. The molecule has 0 aliphatic heterocycles. The predicted octanol–water partition coefficient (Wildman–Crippen LogP) is 3.03. The van der Waals surface area contributed by atoms with Crippen molar-refractivity contribution in [1.29, 1.82) is 0 Å². The summed E-state index contributed by atoms with van der Waals surface area (Å²) in [7, 11) is 0. The van der Waals surface area contributed by atoms with E-state index in [-0.39, 0.29) is 5.91 Å². The number of amides is 1. The molecule has 1 saturated carbocycles. The zero-order chi connectivity index (χ0) is 13.0. The molecule has 0 unspecified atom stereocenters. The number of pyridine rings is 1. The van der Waals surface area contributed by atoms with E-state index in [1.807, 2.05) is 12.1 Å². The first-order valence-corrected chi connectivity index (χ1v) is 6.66. The number of anilines is 2. The Morgan fingerprint density at radius 3 is 2.78 bits per heavy atom. The van der Waals surface area contributed by atoms with Crippen molar-refractivity contribution in [3.8, 4) is 0 Å². The third kappa shape index (κ3) is 4.35. The average molecular weight is 247 g/mol. The second-order valence-corrected chi connectivity index (χ2v) is 5.33. The summed E-state index contributed by atoms with van der Waals surface area (Å²) in [6, 6.07) is 4.41. The molecule has 1 aromatic heterocycles. The lowest BCUT2D eigenvalue weighted by molar-refractivity contribution is -0.116. The van der Waals surface area contributed by atoms with Crippen LogP contribution in [0.3, 0.4) is 0 Å². The molecule has 98 valence electrons. The van der Waals surface area contributed by atoms with E-state index >= 15 is 0 Å². The SMILES string of the molecule is CC(C)CCC(=O)Nc1ccc(NC2CC2)nc1. The van der Waals surface area contributed by atoms with Crippen molar-refractivity contribution >= 4 is 17.4 Å². The Hall–Kier alpha value is -1.58. The summed E-state index contributed by atoms with van der Waals surface area (Å²) in [6.07, 6.45) is 5.66. The molecule has 0 radical (unpaired) electrons. The Balaban J connectivity index is 1.79. The maximum absolute atomic E-state index is 11.6. The van der Waals surface area contributed by atoms with Crippen LogP contribution in [0, 0.1) is 5.92 Å². The van der Waals surface area contributed by atoms with Crippen molar-refractivity contribution in [2.75, 3.05) is 10.6 Å². The molecule has 0 spiro atoms. The Kier molecular flexibility index (Phi) is 4.18. The maximum atomic E-state index is 11.6. The highest BCUT2D eigenvalue weighted by atomic mass is 16.1. The first-order valence-electron chi connectivity index (χ1n) is 6.66. The summed E-state index contributed by atoms with van der Waals surface area (Å²) >= 11 is 0. The second-order valence-electron chi connectivity index (χ2n) is 5.33. The minimum absolute atomic E-state index is 0.0633. The molecule has 2 rings (SSSR count). The molecule has 1 aromatic rings. The molecule has 18 heavy (non-hydrogen) atoms. The maximum Gasteiger partial charge on any atom is 0.224 e. The van der Waals surface area contributed by atoms with Crippen LogP contribution in [-0.2, 0) is 4.79 Å². The first kappa shape index (κ1) is 12.9. The van der Waals surface area contributed by atoms with Gasteiger partial charge in [0.15, 0.2) is 0 Å². The fourth-order valence-electron chi connectivity index (χ4n) is 1.63. The van der Waals surface area contributed by atoms with Gasteiger partial charge in [0.1, 0.15) is 5.82 Å². The fourth-order valence-corrected chi connectivity index (χ4v) is 1.63. The molecule has 0 atom stereocenters. The van der Waals surface area contributed by atoms with Gasteiger partial charge in [-0.2, -0.15) is 0 Å². The van der Waals surface area contributed by atoms with Crippen LogP contribution in [0.5, 0.6) is 0 Å². The number of aromatic nitrogens is 1. The van der Waals surface area contributed by atoms with Crippen LogP contribution in [0.4, 0.5) is 11.5 Å². The molecule has 1 aliphatic carbocycles. The van der Waals surface area contributed by atoms with Crippen LogP contribution in [-0.4, -0.2) is 16.9 Å². The summed E-state index contributed by atoms with van der Waals surface area (Å²) in [5, 5.41) is 6.18. The van der Waals surface area contributed by atoms with E-state index < -0.39 is 0 Å². The van der Waals surface area contributed by atoms with E-state index in [4.69, 9.17) is 0 Å². The normalized spacial score (nSPS) is 14.6. The molecule has 4 heteroatoms. The van der Waals surface area contributed by atoms with E-state index in [1.165, 1.54) is 12.8 Å². The average Bonchev–Trinajstić information content (AvgIpc) is 3.13. The molecule has 1 fully saturated rings. The number of nitrogens with one attached hydrogen (secondary N) is 2. The minimum atomic E-state index is 0.0633. The zero-order valence-electron chi connectivity index (χ0n) is 11.1. The number of carbonyl (C=O) groups is 1. The lowest BCUT2D eigenvalue weighted by atomic mass is 10.1. The molecular formula is C14H21N3O. The van der Waals surface area contributed by atoms with Gasteiger partial charge in [-0.3, -0.25) is 4.79 Å². The monoisotopic (exact) mass is 247 g/mol. The number of nitrogens with zero attached hydrogens (tertiary/aromatic N) is 1. The van der Waals surface area contributed by atoms with Gasteiger partial charge in [0.25, 0.3) is 0 Å². The van der Waals surface area contributed by atoms with E-state index in [9.17, 15) is 4.79 Å². The van der Waals surface area contributed by atoms with Crippen molar-refractivity contribution in [1.82, 2.24) is 4.98 Å². The third-order valence-corrected chi connectivity index (χ3v) is 2.93. The standard InChI is InChI=1S/C14H21N3O/c1-10(2)3-8-14(18)17-12-6-7-13(15-9-12)16-11-4-5-11/h6-7,9-11H,3-5,8H2,1-2H3,(H,15,16)(H,17,18). The zero-order valence-corrected chi connectivity index (χ0v) is 11.1. The van der Waals surface area contributed by atoms with E-state index in [0.29, 0.717) is 18.4 Å². The van der Waals surface area contributed by atoms with Gasteiger partial charge in [-0.05, 0) is 37.3 Å². The molecule has 2 N–H and O–H groups in total. The molecule has 0 saturated heterocycles. The Morgan fingerprint density at radius 1 is 1.44 bits per heavy atom. The number of hydrogen-bond acceptors (Lipinski definition) is 3. The van der Waals surface area contributed by atoms with Crippen LogP contribution in [0.1, 0.15) is 39.5 Å². The van der Waals surface area contributed by atoms with E-state index in [0.717, 1.165) is 17.9 Å². The highest BCUT2D eigenvalue weighted by Crippen LogP contribution is 2.23. The summed E-state index contributed by atoms with van der Waals surface area (Å²) < 4.78 is 0. The first-order chi connectivity index (χ1) is 8.63. The molecule has 1 heterocycles. The summed E-state index contributed by atoms with van der Waals surface area (Å²) in [5.74, 6) is 1.50. The van der Waals surface area contributed by atoms with Crippen molar-refractivity contribution in [3.05, 3.63) is 18.3 Å². The highest BCUT2D eigenvalue weighted by molar-refractivity contribution is 5.90. The summed E-state index contributed by atoms with van der Waals surface area (Å²) in [5.41, 5.74) is 0.769. The minimum Gasteiger partial charge on any atom is -0.367 e. The molecule has 1 aliphatic rings. The second kappa shape index (κ2) is 5.85. The topological polar surface area (TPSA) is 54.0 Å². The van der Waals surface area contributed by atoms with Crippen LogP contribution >= 0.6 is 0 Å². The molecule has 1 amide bonds. The van der Waals surface area contributed by atoms with Crippen LogP contribution in [0.15, 0.2) is 18.3 Å². The van der Waals surface area contributed by atoms with Crippen molar-refractivity contribution < 1.29 is 4.79 Å². The third-order valence-electron chi connectivity index (χ3n) is 2.93. The Morgan fingerprint density at radius 2 is 2.22 bits per heavy atom. The van der Waals surface area contributed by atoms with Crippen molar-refractivity contribution in [2.24, 2.45) is 5.92 Å².